The van der Waals surface area contributed by atoms with Crippen molar-refractivity contribution in [1.82, 2.24) is 9.97 Å². The molecule has 0 saturated heterocycles. The number of carbonyl (C=O) groups excluding carboxylic acids is 2. The molecule has 1 rings (SSSR count). The van der Waals surface area contributed by atoms with Crippen LogP contribution >= 0.6 is 0 Å². The Labute approximate surface area is 192 Å². The summed E-state index contributed by atoms with van der Waals surface area (Å²) in [6.45, 7) is 2.14. The number of hydrogen-bond acceptors (Lipinski definition) is 5. The van der Waals surface area contributed by atoms with E-state index in [4.69, 9.17) is 10.5 Å². The van der Waals surface area contributed by atoms with Crippen LogP contribution in [-0.4, -0.2) is 27.9 Å². The molecule has 0 aliphatic carbocycles. The van der Waals surface area contributed by atoms with Crippen molar-refractivity contribution in [2.45, 2.75) is 70.8 Å². The van der Waals surface area contributed by atoms with Crippen LogP contribution in [0.1, 0.15) is 64.0 Å². The van der Waals surface area contributed by atoms with Crippen LogP contribution in [0.15, 0.2) is 73.3 Å². The van der Waals surface area contributed by atoms with E-state index in [0.717, 1.165) is 44.2 Å². The van der Waals surface area contributed by atoms with Gasteiger partial charge >= 0.3 is 11.9 Å². The first-order valence-electron chi connectivity index (χ1n) is 11.4. The van der Waals surface area contributed by atoms with Crippen LogP contribution in [-0.2, 0) is 20.7 Å². The first kappa shape index (κ1) is 27.0. The van der Waals surface area contributed by atoms with E-state index in [1.54, 1.807) is 6.20 Å². The molecule has 1 aromatic rings. The van der Waals surface area contributed by atoms with E-state index < -0.39 is 18.0 Å². The van der Waals surface area contributed by atoms with Crippen LogP contribution in [0, 0.1) is 0 Å². The molecule has 1 atom stereocenters. The normalized spacial score (nSPS) is 13.3. The lowest BCUT2D eigenvalue weighted by atomic mass is 10.2. The number of ether oxygens (including phenoxy) is 1. The van der Waals surface area contributed by atoms with E-state index in [2.05, 4.69) is 71.6 Å². The van der Waals surface area contributed by atoms with Crippen molar-refractivity contribution >= 4 is 11.9 Å². The number of esters is 2. The molecule has 0 aliphatic heterocycles. The molecule has 32 heavy (non-hydrogen) atoms. The molecule has 0 spiro atoms. The Morgan fingerprint density at radius 1 is 0.969 bits per heavy atom. The third-order valence-electron chi connectivity index (χ3n) is 4.42. The second kappa shape index (κ2) is 18.8. The van der Waals surface area contributed by atoms with Gasteiger partial charge in [0.2, 0.25) is 0 Å². The molecule has 174 valence electrons. The Morgan fingerprint density at radius 3 is 2.06 bits per heavy atom. The van der Waals surface area contributed by atoms with E-state index in [9.17, 15) is 9.59 Å². The average Bonchev–Trinajstić information content (AvgIpc) is 3.29. The minimum atomic E-state index is -0.884. The Morgan fingerprint density at radius 2 is 1.53 bits per heavy atom. The van der Waals surface area contributed by atoms with Crippen LogP contribution in [0.3, 0.4) is 0 Å². The molecule has 6 nitrogen and oxygen atoms in total. The summed E-state index contributed by atoms with van der Waals surface area (Å²) in [5.74, 6) is -1.25. The number of aromatic nitrogens is 2. The van der Waals surface area contributed by atoms with E-state index >= 15 is 0 Å². The number of nitrogens with one attached hydrogen (secondary N) is 1. The van der Waals surface area contributed by atoms with Gasteiger partial charge in [-0.25, -0.2) is 9.78 Å². The first-order chi connectivity index (χ1) is 15.6. The predicted molar refractivity (Wildman–Crippen MR) is 130 cm³/mol. The van der Waals surface area contributed by atoms with Gasteiger partial charge in [0.15, 0.2) is 0 Å². The number of imidazole rings is 1. The molecule has 1 unspecified atom stereocenters. The minimum Gasteiger partial charge on any atom is -0.392 e. The van der Waals surface area contributed by atoms with Gasteiger partial charge in [0.25, 0.3) is 0 Å². The van der Waals surface area contributed by atoms with Crippen molar-refractivity contribution in [1.29, 1.82) is 0 Å². The van der Waals surface area contributed by atoms with Gasteiger partial charge in [-0.1, -0.05) is 67.7 Å². The summed E-state index contributed by atoms with van der Waals surface area (Å²) in [5.41, 5.74) is 6.47. The SMILES string of the molecule is CCC=CCC=CCC=CCC=CCC=CCCCC(=O)OC(=O)C(N)Cc1cnc[nH]1. The van der Waals surface area contributed by atoms with Gasteiger partial charge < -0.3 is 15.5 Å². The summed E-state index contributed by atoms with van der Waals surface area (Å²) in [7, 11) is 0. The number of aromatic amines is 1. The lowest BCUT2D eigenvalue weighted by Gasteiger charge is -2.08. The maximum atomic E-state index is 11.8. The second-order valence-electron chi connectivity index (χ2n) is 7.28. The lowest BCUT2D eigenvalue weighted by Crippen LogP contribution is -2.35. The molecule has 0 aromatic carbocycles. The van der Waals surface area contributed by atoms with Crippen molar-refractivity contribution in [2.75, 3.05) is 0 Å². The molecular weight excluding hydrogens is 402 g/mol. The van der Waals surface area contributed by atoms with Gasteiger partial charge in [0.1, 0.15) is 6.04 Å². The van der Waals surface area contributed by atoms with Crippen molar-refractivity contribution in [3.8, 4) is 0 Å². The number of hydrogen-bond donors (Lipinski definition) is 2. The van der Waals surface area contributed by atoms with E-state index in [0.29, 0.717) is 6.42 Å². The highest BCUT2D eigenvalue weighted by Crippen LogP contribution is 2.03. The summed E-state index contributed by atoms with van der Waals surface area (Å²) in [6.07, 6.45) is 31.3. The highest BCUT2D eigenvalue weighted by Gasteiger charge is 2.19. The summed E-state index contributed by atoms with van der Waals surface area (Å²) in [6, 6.07) is -0.884. The maximum absolute atomic E-state index is 11.8. The van der Waals surface area contributed by atoms with Crippen LogP contribution in [0.2, 0.25) is 0 Å². The van der Waals surface area contributed by atoms with Crippen LogP contribution in [0.5, 0.6) is 0 Å². The van der Waals surface area contributed by atoms with Crippen molar-refractivity contribution in [3.05, 3.63) is 79.0 Å². The Hall–Kier alpha value is -2.99. The third-order valence-corrected chi connectivity index (χ3v) is 4.42. The number of unbranched alkanes of at least 4 members (excludes halogenated alkanes) is 1. The Kier molecular flexibility index (Phi) is 15.8. The van der Waals surface area contributed by atoms with Crippen LogP contribution in [0.4, 0.5) is 0 Å². The summed E-state index contributed by atoms with van der Waals surface area (Å²) < 4.78 is 4.80. The van der Waals surface area contributed by atoms with Crippen molar-refractivity contribution < 1.29 is 14.3 Å². The number of carbonyl (C=O) groups is 2. The zero-order valence-corrected chi connectivity index (χ0v) is 19.1. The van der Waals surface area contributed by atoms with Crippen molar-refractivity contribution in [2.24, 2.45) is 5.73 Å². The van der Waals surface area contributed by atoms with Gasteiger partial charge in [-0.3, -0.25) is 4.79 Å². The molecule has 0 saturated carbocycles. The fourth-order valence-corrected chi connectivity index (χ4v) is 2.69. The molecule has 6 heteroatoms. The third kappa shape index (κ3) is 14.9. The fourth-order valence-electron chi connectivity index (χ4n) is 2.69. The minimum absolute atomic E-state index is 0.191. The molecule has 1 aromatic heterocycles. The number of H-pyrrole nitrogens is 1. The van der Waals surface area contributed by atoms with Crippen molar-refractivity contribution in [3.63, 3.8) is 0 Å². The van der Waals surface area contributed by atoms with E-state index in [1.165, 1.54) is 6.33 Å². The predicted octanol–water partition coefficient (Wildman–Crippen LogP) is 5.27. The standard InChI is InChI=1S/C26H37N3O3/c1-2-3-4-5-6-7-8-9-10-11-12-13-14-15-16-17-18-19-25(30)32-26(31)24(27)20-23-21-28-22-29-23/h3-4,6-7,9-10,12-13,15-16,21-22,24H,2,5,8,11,14,17-20,27H2,1H3,(H,28,29). The van der Waals surface area contributed by atoms with Gasteiger partial charge in [0, 0.05) is 24.7 Å². The Bertz CT molecular complexity index is 774. The number of nitrogens with zero attached hydrogens (tertiary/aromatic N) is 1. The molecule has 3 N–H and O–H groups in total. The van der Waals surface area contributed by atoms with E-state index in [1.807, 2.05) is 6.08 Å². The zero-order chi connectivity index (χ0) is 23.3. The number of nitrogens with two attached hydrogens (primary N) is 1. The van der Waals surface area contributed by atoms with Gasteiger partial charge in [0.05, 0.1) is 6.33 Å². The Balaban J connectivity index is 2.02. The van der Waals surface area contributed by atoms with Gasteiger partial charge in [-0.2, -0.15) is 0 Å². The maximum Gasteiger partial charge on any atom is 0.330 e. The molecule has 1 heterocycles. The molecule has 0 bridgehead atoms. The molecule has 0 amide bonds. The monoisotopic (exact) mass is 439 g/mol. The summed E-state index contributed by atoms with van der Waals surface area (Å²) in [5, 5.41) is 0. The summed E-state index contributed by atoms with van der Waals surface area (Å²) in [4.78, 5) is 30.3. The largest absolute Gasteiger partial charge is 0.392 e. The van der Waals surface area contributed by atoms with Crippen LogP contribution in [0.25, 0.3) is 0 Å². The summed E-state index contributed by atoms with van der Waals surface area (Å²) >= 11 is 0. The molecule has 0 aliphatic rings. The molecular formula is C26H37N3O3. The number of rotatable bonds is 16. The highest BCUT2D eigenvalue weighted by atomic mass is 16.6. The number of allylic oxidation sites excluding steroid dienone is 10. The van der Waals surface area contributed by atoms with Gasteiger partial charge in [-0.15, -0.1) is 0 Å². The average molecular weight is 440 g/mol. The smallest absolute Gasteiger partial charge is 0.330 e. The van der Waals surface area contributed by atoms with Gasteiger partial charge in [-0.05, 0) is 44.9 Å². The second-order valence-corrected chi connectivity index (χ2v) is 7.28. The fraction of sp³-hybridized carbons (Fsp3) is 0.423. The van der Waals surface area contributed by atoms with Crippen LogP contribution < -0.4 is 5.73 Å². The topological polar surface area (TPSA) is 98.1 Å². The lowest BCUT2D eigenvalue weighted by molar-refractivity contribution is -0.160. The van der Waals surface area contributed by atoms with E-state index in [-0.39, 0.29) is 12.8 Å². The quantitative estimate of drug-likeness (QED) is 0.158. The highest BCUT2D eigenvalue weighted by molar-refractivity contribution is 5.88. The molecule has 0 radical (unpaired) electrons. The first-order valence-corrected chi connectivity index (χ1v) is 11.4. The molecule has 0 fully saturated rings. The zero-order valence-electron chi connectivity index (χ0n) is 19.1.